The monoisotopic (exact) mass is 396 g/mol. The van der Waals surface area contributed by atoms with Crippen molar-refractivity contribution in [1.29, 1.82) is 5.26 Å². The molecule has 1 saturated heterocycles. The summed E-state index contributed by atoms with van der Waals surface area (Å²) in [6.07, 6.45) is 1.20. The van der Waals surface area contributed by atoms with E-state index < -0.39 is 5.79 Å². The van der Waals surface area contributed by atoms with Crippen LogP contribution in [-0.4, -0.2) is 43.4 Å². The average Bonchev–Trinajstić information content (AvgIpc) is 3.17. The van der Waals surface area contributed by atoms with E-state index in [0.717, 1.165) is 5.56 Å². The second-order valence-electron chi connectivity index (χ2n) is 6.68. The van der Waals surface area contributed by atoms with Crippen LogP contribution in [0, 0.1) is 11.3 Å². The van der Waals surface area contributed by atoms with Crippen molar-refractivity contribution in [2.75, 3.05) is 26.6 Å². The molecule has 0 spiro atoms. The van der Waals surface area contributed by atoms with E-state index in [9.17, 15) is 10.1 Å². The minimum absolute atomic E-state index is 0.0348. The van der Waals surface area contributed by atoms with Gasteiger partial charge < -0.3 is 14.4 Å². The van der Waals surface area contributed by atoms with Gasteiger partial charge in [0.2, 0.25) is 11.6 Å². The fraction of sp³-hybridized carbons (Fsp3) is 0.273. The summed E-state index contributed by atoms with van der Waals surface area (Å²) in [7, 11) is 3.52. The fourth-order valence-corrected chi connectivity index (χ4v) is 3.36. The van der Waals surface area contributed by atoms with E-state index in [1.807, 2.05) is 42.5 Å². The van der Waals surface area contributed by atoms with Crippen LogP contribution in [0.4, 0.5) is 0 Å². The van der Waals surface area contributed by atoms with Crippen LogP contribution in [0.5, 0.6) is 0 Å². The topological polar surface area (TPSA) is 62.6 Å². The fourth-order valence-electron chi connectivity index (χ4n) is 3.20. The summed E-state index contributed by atoms with van der Waals surface area (Å²) < 4.78 is 12.4. The molecule has 0 aromatic heterocycles. The molecular formula is C22H21ClN2O3. The van der Waals surface area contributed by atoms with E-state index in [-0.39, 0.29) is 23.3 Å². The third kappa shape index (κ3) is 3.81. The SMILES string of the molecule is CN(C)/C=C(/C#N)C(=O)c1ccccc1C1(c2ccccc2)OCC(CCl)O1. The van der Waals surface area contributed by atoms with Crippen molar-refractivity contribution in [2.24, 2.45) is 0 Å². The Bertz CT molecular complexity index is 921. The van der Waals surface area contributed by atoms with Crippen LogP contribution in [0.3, 0.4) is 0 Å². The van der Waals surface area contributed by atoms with Gasteiger partial charge in [0.15, 0.2) is 0 Å². The van der Waals surface area contributed by atoms with E-state index in [2.05, 4.69) is 0 Å². The van der Waals surface area contributed by atoms with Crippen LogP contribution in [0.2, 0.25) is 0 Å². The molecule has 1 aliphatic heterocycles. The number of benzene rings is 2. The van der Waals surface area contributed by atoms with Gasteiger partial charge in [0, 0.05) is 37.0 Å². The Morgan fingerprint density at radius 3 is 2.54 bits per heavy atom. The zero-order valence-corrected chi connectivity index (χ0v) is 16.5. The van der Waals surface area contributed by atoms with E-state index in [1.54, 1.807) is 37.2 Å². The van der Waals surface area contributed by atoms with Crippen molar-refractivity contribution in [3.8, 4) is 6.07 Å². The maximum absolute atomic E-state index is 13.2. The van der Waals surface area contributed by atoms with Gasteiger partial charge in [-0.1, -0.05) is 54.6 Å². The van der Waals surface area contributed by atoms with E-state index in [4.69, 9.17) is 21.1 Å². The van der Waals surface area contributed by atoms with E-state index in [1.165, 1.54) is 6.20 Å². The zero-order valence-electron chi connectivity index (χ0n) is 15.8. The van der Waals surface area contributed by atoms with Crippen molar-refractivity contribution in [3.63, 3.8) is 0 Å². The molecule has 6 heteroatoms. The Morgan fingerprint density at radius 2 is 1.93 bits per heavy atom. The number of Topliss-reactive ketones (excluding diaryl/α,β-unsaturated/α-hetero) is 1. The third-order valence-corrected chi connectivity index (χ3v) is 4.75. The maximum Gasteiger partial charge on any atom is 0.223 e. The first-order chi connectivity index (χ1) is 13.5. The average molecular weight is 397 g/mol. The lowest BCUT2D eigenvalue weighted by molar-refractivity contribution is -0.140. The lowest BCUT2D eigenvalue weighted by Crippen LogP contribution is -2.32. The highest BCUT2D eigenvalue weighted by Gasteiger charge is 2.46. The molecule has 1 heterocycles. The number of carbonyl (C=O) groups is 1. The molecule has 0 radical (unpaired) electrons. The van der Waals surface area contributed by atoms with Crippen molar-refractivity contribution < 1.29 is 14.3 Å². The van der Waals surface area contributed by atoms with Gasteiger partial charge >= 0.3 is 0 Å². The first-order valence-electron chi connectivity index (χ1n) is 8.87. The summed E-state index contributed by atoms with van der Waals surface area (Å²) in [5.41, 5.74) is 1.71. The molecule has 0 aliphatic carbocycles. The van der Waals surface area contributed by atoms with Gasteiger partial charge in [0.05, 0.1) is 18.6 Å². The second-order valence-corrected chi connectivity index (χ2v) is 6.99. The third-order valence-electron chi connectivity index (χ3n) is 4.41. The molecule has 0 amide bonds. The number of hydrogen-bond acceptors (Lipinski definition) is 5. The van der Waals surface area contributed by atoms with Crippen LogP contribution in [0.15, 0.2) is 66.4 Å². The van der Waals surface area contributed by atoms with E-state index >= 15 is 0 Å². The zero-order chi connectivity index (χ0) is 20.1. The molecule has 0 N–H and O–H groups in total. The van der Waals surface area contributed by atoms with Gasteiger partial charge in [-0.15, -0.1) is 11.6 Å². The number of carbonyl (C=O) groups excluding carboxylic acids is 1. The van der Waals surface area contributed by atoms with Crippen LogP contribution >= 0.6 is 11.6 Å². The number of halogens is 1. The largest absolute Gasteiger partial charge is 0.382 e. The molecule has 2 atom stereocenters. The molecule has 1 aliphatic rings. The normalized spacial score (nSPS) is 21.9. The van der Waals surface area contributed by atoms with Gasteiger partial charge in [-0.3, -0.25) is 4.79 Å². The highest BCUT2D eigenvalue weighted by Crippen LogP contribution is 2.42. The molecule has 28 heavy (non-hydrogen) atoms. The molecule has 2 aromatic rings. The number of alkyl halides is 1. The molecule has 2 unspecified atom stereocenters. The Morgan fingerprint density at radius 1 is 1.25 bits per heavy atom. The predicted molar refractivity (Wildman–Crippen MR) is 107 cm³/mol. The van der Waals surface area contributed by atoms with Gasteiger partial charge in [-0.2, -0.15) is 5.26 Å². The van der Waals surface area contributed by atoms with Gasteiger partial charge in [0.25, 0.3) is 0 Å². The molecule has 5 nitrogen and oxygen atoms in total. The van der Waals surface area contributed by atoms with Crippen LogP contribution in [0.1, 0.15) is 21.5 Å². The highest BCUT2D eigenvalue weighted by atomic mass is 35.5. The second kappa shape index (κ2) is 8.57. The molecular weight excluding hydrogens is 376 g/mol. The number of ketones is 1. The smallest absolute Gasteiger partial charge is 0.223 e. The van der Waals surface area contributed by atoms with Gasteiger partial charge in [-0.05, 0) is 0 Å². The summed E-state index contributed by atoms with van der Waals surface area (Å²) in [5.74, 6) is -1.37. The lowest BCUT2D eigenvalue weighted by Gasteiger charge is -2.30. The van der Waals surface area contributed by atoms with E-state index in [0.29, 0.717) is 17.7 Å². The lowest BCUT2D eigenvalue weighted by atomic mass is 9.89. The quantitative estimate of drug-likeness (QED) is 0.322. The summed E-state index contributed by atoms with van der Waals surface area (Å²) >= 11 is 6.01. The van der Waals surface area contributed by atoms with Crippen molar-refractivity contribution in [3.05, 3.63) is 83.1 Å². The highest BCUT2D eigenvalue weighted by molar-refractivity contribution is 6.18. The molecule has 0 saturated carbocycles. The van der Waals surface area contributed by atoms with Crippen LogP contribution in [-0.2, 0) is 15.3 Å². The molecule has 2 aromatic carbocycles. The van der Waals surface area contributed by atoms with Crippen LogP contribution < -0.4 is 0 Å². The molecule has 1 fully saturated rings. The first-order valence-corrected chi connectivity index (χ1v) is 9.41. The van der Waals surface area contributed by atoms with Crippen LogP contribution in [0.25, 0.3) is 0 Å². The maximum atomic E-state index is 13.2. The Hall–Kier alpha value is -2.65. The standard InChI is InChI=1S/C22H21ClN2O3/c1-25(2)14-16(13-24)21(26)19-10-6-7-11-20(19)22(17-8-4-3-5-9-17)27-15-18(12-23)28-22/h3-11,14,18H,12,15H2,1-2H3/b16-14-. The summed E-state index contributed by atoms with van der Waals surface area (Å²) in [6, 6.07) is 18.5. The summed E-state index contributed by atoms with van der Waals surface area (Å²) in [6.45, 7) is 0.305. The Kier molecular flexibility index (Phi) is 6.15. The Balaban J connectivity index is 2.17. The first kappa shape index (κ1) is 20.1. The molecule has 144 valence electrons. The predicted octanol–water partition coefficient (Wildman–Crippen LogP) is 3.69. The van der Waals surface area contributed by atoms with Crippen molar-refractivity contribution in [1.82, 2.24) is 4.90 Å². The van der Waals surface area contributed by atoms with Crippen molar-refractivity contribution >= 4 is 17.4 Å². The summed E-state index contributed by atoms with van der Waals surface area (Å²) in [5, 5.41) is 9.48. The number of nitrogens with zero attached hydrogens (tertiary/aromatic N) is 2. The van der Waals surface area contributed by atoms with Crippen molar-refractivity contribution in [2.45, 2.75) is 11.9 Å². The number of hydrogen-bond donors (Lipinski definition) is 0. The molecule has 0 bridgehead atoms. The summed E-state index contributed by atoms with van der Waals surface area (Å²) in [4.78, 5) is 14.8. The Labute approximate surface area is 169 Å². The van der Waals surface area contributed by atoms with Gasteiger partial charge in [-0.25, -0.2) is 0 Å². The number of rotatable bonds is 6. The van der Waals surface area contributed by atoms with Gasteiger partial charge in [0.1, 0.15) is 11.6 Å². The number of nitriles is 1. The minimum Gasteiger partial charge on any atom is -0.382 e. The number of ether oxygens (including phenoxy) is 2. The molecule has 3 rings (SSSR count). The minimum atomic E-state index is -1.26. The number of allylic oxidation sites excluding steroid dienone is 1.